The van der Waals surface area contributed by atoms with Crippen molar-refractivity contribution in [3.8, 4) is 0 Å². The predicted molar refractivity (Wildman–Crippen MR) is 84.9 cm³/mol. The van der Waals surface area contributed by atoms with Crippen molar-refractivity contribution in [3.63, 3.8) is 0 Å². The van der Waals surface area contributed by atoms with E-state index in [0.29, 0.717) is 12.0 Å². The minimum Gasteiger partial charge on any atom is -0.326 e. The zero-order valence-electron chi connectivity index (χ0n) is 12.1. The van der Waals surface area contributed by atoms with Crippen molar-refractivity contribution in [1.82, 2.24) is 4.90 Å². The number of nitrogens with two attached hydrogens (primary N) is 1. The first-order valence-corrected chi connectivity index (χ1v) is 7.99. The van der Waals surface area contributed by atoms with Gasteiger partial charge in [0.25, 0.3) is 0 Å². The molecule has 0 radical (unpaired) electrons. The monoisotopic (exact) mass is 324 g/mol. The smallest absolute Gasteiger partial charge is 0.0244 e. The Morgan fingerprint density at radius 1 is 1.26 bits per heavy atom. The summed E-state index contributed by atoms with van der Waals surface area (Å²) in [5.41, 5.74) is 8.74. The number of halogens is 1. The summed E-state index contributed by atoms with van der Waals surface area (Å²) in [6.07, 6.45) is 3.95. The van der Waals surface area contributed by atoms with Gasteiger partial charge in [-0.15, -0.1) is 0 Å². The van der Waals surface area contributed by atoms with E-state index in [1.165, 1.54) is 48.0 Å². The Labute approximate surface area is 125 Å². The third kappa shape index (κ3) is 4.30. The first-order chi connectivity index (χ1) is 9.00. The molecular weight excluding hydrogens is 300 g/mol. The van der Waals surface area contributed by atoms with Crippen LogP contribution in [0.5, 0.6) is 0 Å². The second-order valence-electron chi connectivity index (χ2n) is 6.42. The zero-order chi connectivity index (χ0) is 13.9. The van der Waals surface area contributed by atoms with E-state index in [0.717, 1.165) is 6.54 Å². The van der Waals surface area contributed by atoms with Gasteiger partial charge in [0, 0.05) is 17.6 Å². The van der Waals surface area contributed by atoms with Crippen molar-refractivity contribution in [2.24, 2.45) is 11.1 Å². The number of likely N-dealkylation sites (tertiary alicyclic amines) is 1. The van der Waals surface area contributed by atoms with Crippen molar-refractivity contribution in [1.29, 1.82) is 0 Å². The Morgan fingerprint density at radius 2 is 2.05 bits per heavy atom. The summed E-state index contributed by atoms with van der Waals surface area (Å²) in [7, 11) is 0. The van der Waals surface area contributed by atoms with Gasteiger partial charge in [-0.2, -0.15) is 0 Å². The van der Waals surface area contributed by atoms with Crippen LogP contribution in [-0.4, -0.2) is 18.0 Å². The molecule has 0 aliphatic carbocycles. The van der Waals surface area contributed by atoms with E-state index >= 15 is 0 Å². The van der Waals surface area contributed by atoms with Crippen LogP contribution in [0.4, 0.5) is 0 Å². The lowest BCUT2D eigenvalue weighted by atomic mass is 9.85. The van der Waals surface area contributed by atoms with E-state index in [1.54, 1.807) is 0 Å². The van der Waals surface area contributed by atoms with Crippen LogP contribution in [0, 0.1) is 5.41 Å². The van der Waals surface area contributed by atoms with Crippen molar-refractivity contribution in [2.45, 2.75) is 46.2 Å². The van der Waals surface area contributed by atoms with Gasteiger partial charge in [-0.25, -0.2) is 0 Å². The lowest BCUT2D eigenvalue weighted by Gasteiger charge is -2.23. The molecule has 0 saturated carbocycles. The molecule has 0 amide bonds. The molecule has 3 heteroatoms. The number of hydrogen-bond acceptors (Lipinski definition) is 2. The molecule has 2 nitrogen and oxygen atoms in total. The van der Waals surface area contributed by atoms with Crippen molar-refractivity contribution in [2.75, 3.05) is 13.1 Å². The van der Waals surface area contributed by atoms with Crippen LogP contribution in [0.25, 0.3) is 0 Å². The quantitative estimate of drug-likeness (QED) is 0.913. The number of benzene rings is 1. The lowest BCUT2D eigenvalue weighted by Crippen LogP contribution is -2.25. The van der Waals surface area contributed by atoms with Crippen molar-refractivity contribution < 1.29 is 0 Å². The molecule has 1 aromatic carbocycles. The average Bonchev–Trinajstić information content (AvgIpc) is 2.53. The van der Waals surface area contributed by atoms with Gasteiger partial charge in [-0.3, -0.25) is 4.90 Å². The fraction of sp³-hybridized carbons (Fsp3) is 0.625. The van der Waals surface area contributed by atoms with Crippen LogP contribution in [0.3, 0.4) is 0 Å². The van der Waals surface area contributed by atoms with Crippen molar-refractivity contribution >= 4 is 15.9 Å². The predicted octanol–water partition coefficient (Wildman–Crippen LogP) is 3.92. The second kappa shape index (κ2) is 6.38. The third-order valence-corrected chi connectivity index (χ3v) is 4.92. The van der Waals surface area contributed by atoms with Crippen LogP contribution in [0.2, 0.25) is 0 Å². The molecule has 0 atom stereocenters. The Kier molecular flexibility index (Phi) is 5.04. The lowest BCUT2D eigenvalue weighted by molar-refractivity contribution is 0.255. The first-order valence-electron chi connectivity index (χ1n) is 7.20. The second-order valence-corrected chi connectivity index (χ2v) is 7.28. The SMILES string of the molecule is CC1(C)CCCN(Cc2ccc(CN)cc2Br)CC1. The van der Waals surface area contributed by atoms with E-state index < -0.39 is 0 Å². The van der Waals surface area contributed by atoms with Gasteiger partial charge in [-0.05, 0) is 55.0 Å². The molecular formula is C16H25BrN2. The highest BCUT2D eigenvalue weighted by molar-refractivity contribution is 9.10. The molecule has 1 heterocycles. The van der Waals surface area contributed by atoms with Gasteiger partial charge in [0.2, 0.25) is 0 Å². The maximum Gasteiger partial charge on any atom is 0.0244 e. The topological polar surface area (TPSA) is 29.3 Å². The maximum atomic E-state index is 5.67. The number of nitrogens with zero attached hydrogens (tertiary/aromatic N) is 1. The van der Waals surface area contributed by atoms with Crippen LogP contribution >= 0.6 is 15.9 Å². The molecule has 0 aromatic heterocycles. The largest absolute Gasteiger partial charge is 0.326 e. The Morgan fingerprint density at radius 3 is 2.74 bits per heavy atom. The summed E-state index contributed by atoms with van der Waals surface area (Å²) < 4.78 is 1.19. The molecule has 1 aliphatic rings. The Balaban J connectivity index is 2.01. The van der Waals surface area contributed by atoms with Crippen molar-refractivity contribution in [3.05, 3.63) is 33.8 Å². The van der Waals surface area contributed by atoms with E-state index in [-0.39, 0.29) is 0 Å². The Hall–Kier alpha value is -0.380. The molecule has 0 spiro atoms. The highest BCUT2D eigenvalue weighted by Crippen LogP contribution is 2.30. The molecule has 1 aromatic rings. The summed E-state index contributed by atoms with van der Waals surface area (Å²) in [6, 6.07) is 6.50. The van der Waals surface area contributed by atoms with E-state index in [1.807, 2.05) is 0 Å². The maximum absolute atomic E-state index is 5.67. The molecule has 0 unspecified atom stereocenters. The van der Waals surface area contributed by atoms with Crippen LogP contribution < -0.4 is 5.73 Å². The molecule has 1 aliphatic heterocycles. The molecule has 2 rings (SSSR count). The summed E-state index contributed by atoms with van der Waals surface area (Å²) in [5, 5.41) is 0. The van der Waals surface area contributed by atoms with Gasteiger partial charge in [0.1, 0.15) is 0 Å². The highest BCUT2D eigenvalue weighted by Gasteiger charge is 2.23. The van der Waals surface area contributed by atoms with E-state index in [2.05, 4.69) is 52.9 Å². The molecule has 2 N–H and O–H groups in total. The fourth-order valence-electron chi connectivity index (χ4n) is 2.72. The van der Waals surface area contributed by atoms with E-state index in [4.69, 9.17) is 5.73 Å². The molecule has 106 valence electrons. The number of rotatable bonds is 3. The summed E-state index contributed by atoms with van der Waals surface area (Å²) in [5.74, 6) is 0. The minimum absolute atomic E-state index is 0.509. The van der Waals surface area contributed by atoms with Gasteiger partial charge >= 0.3 is 0 Å². The average molecular weight is 325 g/mol. The molecule has 19 heavy (non-hydrogen) atoms. The third-order valence-electron chi connectivity index (χ3n) is 4.18. The van der Waals surface area contributed by atoms with Gasteiger partial charge in [0.05, 0.1) is 0 Å². The van der Waals surface area contributed by atoms with E-state index in [9.17, 15) is 0 Å². The normalized spacial score (nSPS) is 20.2. The van der Waals surface area contributed by atoms with Crippen LogP contribution in [-0.2, 0) is 13.1 Å². The molecule has 1 saturated heterocycles. The molecule has 0 bridgehead atoms. The standard InChI is InChI=1S/C16H25BrN2/c1-16(2)6-3-8-19(9-7-16)12-14-5-4-13(11-18)10-15(14)17/h4-5,10H,3,6-9,11-12,18H2,1-2H3. The summed E-state index contributed by atoms with van der Waals surface area (Å²) in [4.78, 5) is 2.58. The summed E-state index contributed by atoms with van der Waals surface area (Å²) in [6.45, 7) is 8.86. The fourth-order valence-corrected chi connectivity index (χ4v) is 3.28. The number of hydrogen-bond donors (Lipinski definition) is 1. The van der Waals surface area contributed by atoms with Gasteiger partial charge in [-0.1, -0.05) is 41.9 Å². The van der Waals surface area contributed by atoms with Gasteiger partial charge < -0.3 is 5.73 Å². The Bertz CT molecular complexity index is 429. The molecule has 1 fully saturated rings. The van der Waals surface area contributed by atoms with Crippen LogP contribution in [0.15, 0.2) is 22.7 Å². The van der Waals surface area contributed by atoms with Gasteiger partial charge in [0.15, 0.2) is 0 Å². The zero-order valence-corrected chi connectivity index (χ0v) is 13.7. The first kappa shape index (κ1) is 15.0. The highest BCUT2D eigenvalue weighted by atomic mass is 79.9. The van der Waals surface area contributed by atoms with Crippen LogP contribution in [0.1, 0.15) is 44.2 Å². The summed E-state index contributed by atoms with van der Waals surface area (Å²) >= 11 is 3.67. The minimum atomic E-state index is 0.509.